The van der Waals surface area contributed by atoms with Crippen molar-refractivity contribution in [3.8, 4) is 11.4 Å². The standard InChI is InChI=1S/C27H24ClF2N5O3S/c1-14-9-31-19(21-13-39-26(33-21)27(4,5)34-16(3)37)8-22(14)35-15(2)6-24(25(28)23(35)11-36)38-12-20-18(30)7-17(29)10-32-20/h6-10,13H,12H2,1-5H3,(H,34,37). The summed E-state index contributed by atoms with van der Waals surface area (Å²) in [5.41, 5.74) is 2.31. The monoisotopic (exact) mass is 571 g/mol. The van der Waals surface area contributed by atoms with Crippen LogP contribution < -0.4 is 10.2 Å². The molecule has 1 N–H and O–H groups in total. The van der Waals surface area contributed by atoms with Crippen LogP contribution in [0.15, 0.2) is 58.2 Å². The van der Waals surface area contributed by atoms with Crippen molar-refractivity contribution in [3.05, 3.63) is 86.1 Å². The summed E-state index contributed by atoms with van der Waals surface area (Å²) >= 11 is 7.92. The lowest BCUT2D eigenvalue weighted by Crippen LogP contribution is -2.39. The number of thiazole rings is 1. The first-order chi connectivity index (χ1) is 18.4. The second kappa shape index (κ2) is 11.1. The maximum Gasteiger partial charge on any atom is 0.217 e. The van der Waals surface area contributed by atoms with Crippen LogP contribution in [-0.4, -0.2) is 26.8 Å². The zero-order valence-corrected chi connectivity index (χ0v) is 23.3. The quantitative estimate of drug-likeness (QED) is 0.365. The van der Waals surface area contributed by atoms with Crippen molar-refractivity contribution in [3.63, 3.8) is 0 Å². The van der Waals surface area contributed by atoms with Crippen LogP contribution in [0.5, 0.6) is 0 Å². The lowest BCUT2D eigenvalue weighted by Gasteiger charge is -2.31. The number of hydrogen-bond donors (Lipinski definition) is 1. The lowest BCUT2D eigenvalue weighted by atomic mass is 10.1. The van der Waals surface area contributed by atoms with Crippen LogP contribution in [0.25, 0.3) is 11.4 Å². The number of nitrogens with zero attached hydrogens (tertiary/aromatic N) is 4. The minimum absolute atomic E-state index is 0.00906. The van der Waals surface area contributed by atoms with Crippen molar-refractivity contribution in [2.45, 2.75) is 46.8 Å². The molecular weight excluding hydrogens is 548 g/mol. The van der Waals surface area contributed by atoms with Crippen LogP contribution >= 0.6 is 22.9 Å². The number of aryl methyl sites for hydroxylation is 1. The molecule has 202 valence electrons. The fraction of sp³-hybridized carbons (Fsp3) is 0.259. The van der Waals surface area contributed by atoms with Crippen molar-refractivity contribution < 1.29 is 23.1 Å². The number of rotatable bonds is 7. The summed E-state index contributed by atoms with van der Waals surface area (Å²) < 4.78 is 32.8. The van der Waals surface area contributed by atoms with Gasteiger partial charge >= 0.3 is 0 Å². The molecule has 3 aromatic rings. The summed E-state index contributed by atoms with van der Waals surface area (Å²) in [4.78, 5) is 38.2. The largest absolute Gasteiger partial charge is 0.485 e. The molecule has 4 heterocycles. The van der Waals surface area contributed by atoms with E-state index in [0.717, 1.165) is 11.8 Å². The number of halogens is 3. The van der Waals surface area contributed by atoms with Crippen LogP contribution in [0.4, 0.5) is 14.5 Å². The molecule has 0 aliphatic carbocycles. The van der Waals surface area contributed by atoms with Crippen molar-refractivity contribution in [2.75, 3.05) is 4.90 Å². The van der Waals surface area contributed by atoms with Crippen LogP contribution in [0.1, 0.15) is 44.0 Å². The molecule has 0 saturated carbocycles. The molecule has 0 atom stereocenters. The van der Waals surface area contributed by atoms with E-state index in [1.807, 2.05) is 32.1 Å². The highest BCUT2D eigenvalue weighted by Gasteiger charge is 2.29. The van der Waals surface area contributed by atoms with E-state index in [-0.39, 0.29) is 34.7 Å². The van der Waals surface area contributed by atoms with Gasteiger partial charge in [0.25, 0.3) is 0 Å². The fourth-order valence-electron chi connectivity index (χ4n) is 3.98. The average molecular weight is 572 g/mol. The molecule has 1 aliphatic rings. The molecule has 0 fully saturated rings. The minimum atomic E-state index is -0.860. The molecule has 0 bridgehead atoms. The number of amides is 1. The smallest absolute Gasteiger partial charge is 0.217 e. The maximum absolute atomic E-state index is 14.0. The Morgan fingerprint density at radius 3 is 2.62 bits per heavy atom. The fourth-order valence-corrected chi connectivity index (χ4v) is 5.10. The van der Waals surface area contributed by atoms with E-state index in [1.54, 1.807) is 30.2 Å². The Hall–Kier alpha value is -3.92. The molecular formula is C27H24ClF2N5O3S. The Morgan fingerprint density at radius 2 is 1.95 bits per heavy atom. The summed E-state index contributed by atoms with van der Waals surface area (Å²) in [5.74, 6) is 0.163. The van der Waals surface area contributed by atoms with Crippen LogP contribution in [0.3, 0.4) is 0 Å². The van der Waals surface area contributed by atoms with Gasteiger partial charge in [-0.15, -0.1) is 11.3 Å². The van der Waals surface area contributed by atoms with E-state index >= 15 is 0 Å². The molecule has 1 amide bonds. The van der Waals surface area contributed by atoms with E-state index in [9.17, 15) is 18.4 Å². The van der Waals surface area contributed by atoms with Gasteiger partial charge in [0.2, 0.25) is 5.91 Å². The first-order valence-corrected chi connectivity index (χ1v) is 12.9. The third-order valence-corrected chi connectivity index (χ3v) is 7.32. The molecule has 39 heavy (non-hydrogen) atoms. The molecule has 0 spiro atoms. The Bertz CT molecular complexity index is 1580. The topological polar surface area (TPSA) is 97.3 Å². The Kier molecular flexibility index (Phi) is 7.96. The number of allylic oxidation sites excluding steroid dienone is 3. The zero-order chi connectivity index (χ0) is 28.5. The van der Waals surface area contributed by atoms with Gasteiger partial charge in [-0.1, -0.05) is 11.6 Å². The minimum Gasteiger partial charge on any atom is -0.485 e. The summed E-state index contributed by atoms with van der Waals surface area (Å²) in [6.07, 6.45) is 4.14. The summed E-state index contributed by atoms with van der Waals surface area (Å²) in [6.45, 7) is 8.43. The van der Waals surface area contributed by atoms with Gasteiger partial charge in [0.1, 0.15) is 39.6 Å². The molecule has 0 aromatic carbocycles. The van der Waals surface area contributed by atoms with E-state index in [1.165, 1.54) is 18.3 Å². The Morgan fingerprint density at radius 1 is 1.21 bits per heavy atom. The molecule has 0 radical (unpaired) electrons. The highest BCUT2D eigenvalue weighted by molar-refractivity contribution is 7.10. The molecule has 12 heteroatoms. The molecule has 4 rings (SSSR count). The van der Waals surface area contributed by atoms with E-state index in [0.29, 0.717) is 33.8 Å². The number of ether oxygens (including phenoxy) is 1. The second-order valence-electron chi connectivity index (χ2n) is 9.32. The lowest BCUT2D eigenvalue weighted by molar-refractivity contribution is -0.120. The van der Waals surface area contributed by atoms with Crippen molar-refractivity contribution >= 4 is 40.5 Å². The summed E-state index contributed by atoms with van der Waals surface area (Å²) in [6, 6.07) is 2.49. The van der Waals surface area contributed by atoms with Crippen LogP contribution in [0, 0.1) is 18.6 Å². The van der Waals surface area contributed by atoms with E-state index < -0.39 is 17.2 Å². The van der Waals surface area contributed by atoms with Gasteiger partial charge in [-0.25, -0.2) is 18.6 Å². The maximum atomic E-state index is 14.0. The highest BCUT2D eigenvalue weighted by Crippen LogP contribution is 2.39. The third kappa shape index (κ3) is 5.90. The summed E-state index contributed by atoms with van der Waals surface area (Å²) in [5, 5.41) is 5.39. The van der Waals surface area contributed by atoms with Crippen molar-refractivity contribution in [1.82, 2.24) is 20.3 Å². The van der Waals surface area contributed by atoms with Gasteiger partial charge in [0.05, 0.1) is 23.1 Å². The molecule has 0 saturated heterocycles. The molecule has 3 aromatic heterocycles. The van der Waals surface area contributed by atoms with Gasteiger partial charge in [-0.2, -0.15) is 0 Å². The zero-order valence-electron chi connectivity index (χ0n) is 21.7. The SMILES string of the molecule is CC(=O)NC(C)(C)c1nc(-c2cc(N3C(=C=O)C(Cl)=C(OCc4ncc(F)cc4F)C=C3C)c(C)cn2)cs1. The average Bonchev–Trinajstić information content (AvgIpc) is 3.36. The first kappa shape index (κ1) is 28.1. The number of nitrogens with one attached hydrogen (secondary N) is 1. The predicted molar refractivity (Wildman–Crippen MR) is 144 cm³/mol. The second-order valence-corrected chi connectivity index (χ2v) is 10.6. The number of pyridine rings is 2. The molecule has 1 aliphatic heterocycles. The van der Waals surface area contributed by atoms with Gasteiger partial charge in [-0.3, -0.25) is 14.8 Å². The van der Waals surface area contributed by atoms with Crippen LogP contribution in [0.2, 0.25) is 0 Å². The predicted octanol–water partition coefficient (Wildman–Crippen LogP) is 5.66. The first-order valence-electron chi connectivity index (χ1n) is 11.7. The Balaban J connectivity index is 1.64. The van der Waals surface area contributed by atoms with Crippen molar-refractivity contribution in [2.24, 2.45) is 0 Å². The van der Waals surface area contributed by atoms with E-state index in [2.05, 4.69) is 20.3 Å². The molecule has 0 unspecified atom stereocenters. The number of hydrogen-bond acceptors (Lipinski definition) is 8. The van der Waals surface area contributed by atoms with Crippen molar-refractivity contribution in [1.29, 1.82) is 0 Å². The number of aromatic nitrogens is 3. The number of anilines is 1. The van der Waals surface area contributed by atoms with Gasteiger partial charge in [0.15, 0.2) is 17.5 Å². The normalized spacial score (nSPS) is 13.8. The number of carbonyl (C=O) groups is 1. The highest BCUT2D eigenvalue weighted by atomic mass is 35.5. The number of carbonyl (C=O) groups excluding carboxylic acids is 2. The Labute approximate surface area is 232 Å². The van der Waals surface area contributed by atoms with Gasteiger partial charge in [0, 0.05) is 36.3 Å². The molecule has 8 nitrogen and oxygen atoms in total. The van der Waals surface area contributed by atoms with Gasteiger partial charge < -0.3 is 15.0 Å². The summed E-state index contributed by atoms with van der Waals surface area (Å²) in [7, 11) is 0. The van der Waals surface area contributed by atoms with Gasteiger partial charge in [-0.05, 0) is 39.3 Å². The third-order valence-electron chi connectivity index (χ3n) is 5.79. The van der Waals surface area contributed by atoms with E-state index in [4.69, 9.17) is 16.3 Å². The van der Waals surface area contributed by atoms with Crippen LogP contribution in [-0.2, 0) is 26.5 Å².